The molecule has 0 N–H and O–H groups in total. The Labute approximate surface area is 210 Å². The van der Waals surface area contributed by atoms with Gasteiger partial charge in [0.25, 0.3) is 5.69 Å². The first kappa shape index (κ1) is 24.6. The second-order valence-corrected chi connectivity index (χ2v) is 8.29. The first-order chi connectivity index (χ1) is 17.2. The number of nitrogens with zero attached hydrogens (tertiary/aromatic N) is 2. The van der Waals surface area contributed by atoms with Gasteiger partial charge in [0.2, 0.25) is 5.90 Å². The molecule has 9 nitrogen and oxygen atoms in total. The van der Waals surface area contributed by atoms with E-state index in [4.69, 9.17) is 25.8 Å². The van der Waals surface area contributed by atoms with Gasteiger partial charge < -0.3 is 14.2 Å². The number of methoxy groups -OCH3 is 1. The minimum Gasteiger partial charge on any atom is -0.493 e. The largest absolute Gasteiger partial charge is 0.493 e. The third-order valence-electron chi connectivity index (χ3n) is 5.31. The predicted molar refractivity (Wildman–Crippen MR) is 133 cm³/mol. The Morgan fingerprint density at radius 3 is 2.50 bits per heavy atom. The number of halogens is 1. The van der Waals surface area contributed by atoms with Crippen molar-refractivity contribution in [2.45, 2.75) is 13.8 Å². The van der Waals surface area contributed by atoms with Gasteiger partial charge in [0.05, 0.1) is 22.6 Å². The molecular formula is C26H19ClN2O7. The molecule has 3 aromatic rings. The number of esters is 2. The molecule has 4 rings (SSSR count). The lowest BCUT2D eigenvalue weighted by Crippen LogP contribution is -2.09. The van der Waals surface area contributed by atoms with E-state index >= 15 is 0 Å². The molecule has 1 aliphatic rings. The number of nitro groups is 1. The molecule has 182 valence electrons. The maximum atomic E-state index is 12.5. The summed E-state index contributed by atoms with van der Waals surface area (Å²) in [5.74, 6) is -1.21. The minimum absolute atomic E-state index is 0.0250. The molecule has 0 unspecified atom stereocenters. The molecule has 36 heavy (non-hydrogen) atoms. The lowest BCUT2D eigenvalue weighted by atomic mass is 10.1. The fraction of sp³-hybridized carbons (Fsp3) is 0.115. The highest BCUT2D eigenvalue weighted by molar-refractivity contribution is 6.32. The van der Waals surface area contributed by atoms with E-state index in [9.17, 15) is 19.7 Å². The van der Waals surface area contributed by atoms with Crippen LogP contribution >= 0.6 is 11.6 Å². The third-order valence-corrected chi connectivity index (χ3v) is 5.59. The second-order valence-electron chi connectivity index (χ2n) is 7.88. The molecule has 0 spiro atoms. The van der Waals surface area contributed by atoms with Gasteiger partial charge in [-0.1, -0.05) is 35.4 Å². The zero-order chi connectivity index (χ0) is 26.0. The molecule has 0 aliphatic carbocycles. The quantitative estimate of drug-likeness (QED) is 0.144. The average Bonchev–Trinajstić information content (AvgIpc) is 3.20. The first-order valence-electron chi connectivity index (χ1n) is 10.6. The summed E-state index contributed by atoms with van der Waals surface area (Å²) in [7, 11) is 1.39. The topological polar surface area (TPSA) is 117 Å². The van der Waals surface area contributed by atoms with Crippen molar-refractivity contribution in [2.75, 3.05) is 7.11 Å². The molecule has 0 aromatic heterocycles. The third kappa shape index (κ3) is 5.11. The Balaban J connectivity index is 1.63. The summed E-state index contributed by atoms with van der Waals surface area (Å²) in [5, 5.41) is 11.3. The van der Waals surface area contributed by atoms with Crippen LogP contribution in [0.3, 0.4) is 0 Å². The normalized spacial score (nSPS) is 13.8. The van der Waals surface area contributed by atoms with Gasteiger partial charge in [-0.15, -0.1) is 0 Å². The van der Waals surface area contributed by atoms with E-state index in [0.717, 1.165) is 5.56 Å². The SMILES string of the molecule is COc1cc(/C=C2\N=C(c3ccc(C)c([N+](=O)[O-])c3)OC2=O)cc(Cl)c1OC(=O)c1ccc(C)cc1. The summed E-state index contributed by atoms with van der Waals surface area (Å²) < 4.78 is 16.0. The Hall–Kier alpha value is -4.50. The van der Waals surface area contributed by atoms with Gasteiger partial charge >= 0.3 is 11.9 Å². The fourth-order valence-electron chi connectivity index (χ4n) is 3.39. The molecule has 0 bridgehead atoms. The molecule has 0 radical (unpaired) electrons. The number of hydrogen-bond donors (Lipinski definition) is 0. The zero-order valence-corrected chi connectivity index (χ0v) is 20.2. The van der Waals surface area contributed by atoms with Crippen molar-refractivity contribution < 1.29 is 28.7 Å². The van der Waals surface area contributed by atoms with Crippen molar-refractivity contribution in [1.29, 1.82) is 0 Å². The monoisotopic (exact) mass is 506 g/mol. The molecule has 1 aliphatic heterocycles. The highest BCUT2D eigenvalue weighted by Gasteiger charge is 2.26. The molecule has 0 saturated carbocycles. The van der Waals surface area contributed by atoms with Gasteiger partial charge in [0.1, 0.15) is 0 Å². The smallest absolute Gasteiger partial charge is 0.363 e. The number of carbonyl (C=O) groups is 2. The van der Waals surface area contributed by atoms with Crippen LogP contribution in [0.1, 0.15) is 32.6 Å². The molecule has 0 fully saturated rings. The van der Waals surface area contributed by atoms with Gasteiger partial charge in [-0.3, -0.25) is 10.1 Å². The van der Waals surface area contributed by atoms with Crippen molar-refractivity contribution in [3.8, 4) is 11.5 Å². The van der Waals surface area contributed by atoms with Crippen molar-refractivity contribution in [1.82, 2.24) is 0 Å². The van der Waals surface area contributed by atoms with Gasteiger partial charge in [0, 0.05) is 17.2 Å². The second kappa shape index (κ2) is 10.0. The summed E-state index contributed by atoms with van der Waals surface area (Å²) >= 11 is 6.38. The van der Waals surface area contributed by atoms with Crippen LogP contribution < -0.4 is 9.47 Å². The maximum Gasteiger partial charge on any atom is 0.363 e. The number of aryl methyl sites for hydroxylation is 2. The van der Waals surface area contributed by atoms with Gasteiger partial charge in [-0.25, -0.2) is 14.6 Å². The molecule has 0 saturated heterocycles. The predicted octanol–water partition coefficient (Wildman–Crippen LogP) is 5.44. The van der Waals surface area contributed by atoms with Crippen LogP contribution in [-0.4, -0.2) is 29.9 Å². The van der Waals surface area contributed by atoms with E-state index in [1.165, 1.54) is 31.4 Å². The summed E-state index contributed by atoms with van der Waals surface area (Å²) in [6.45, 7) is 3.51. The Morgan fingerprint density at radius 1 is 1.11 bits per heavy atom. The zero-order valence-electron chi connectivity index (χ0n) is 19.4. The number of rotatable bonds is 6. The summed E-state index contributed by atoms with van der Waals surface area (Å²) in [5.41, 5.74) is 2.37. The Morgan fingerprint density at radius 2 is 1.83 bits per heavy atom. The number of aliphatic imine (C=N–C) groups is 1. The highest BCUT2D eigenvalue weighted by Crippen LogP contribution is 2.38. The summed E-state index contributed by atoms with van der Waals surface area (Å²) in [4.78, 5) is 39.8. The van der Waals surface area contributed by atoms with Crippen LogP contribution in [0.5, 0.6) is 11.5 Å². The number of hydrogen-bond acceptors (Lipinski definition) is 8. The number of cyclic esters (lactones) is 1. The molecule has 1 heterocycles. The summed E-state index contributed by atoms with van der Waals surface area (Å²) in [6.07, 6.45) is 1.41. The molecule has 3 aromatic carbocycles. The minimum atomic E-state index is -0.738. The number of carbonyl (C=O) groups excluding carboxylic acids is 2. The molecular weight excluding hydrogens is 488 g/mol. The number of nitro benzene ring substituents is 1. The van der Waals surface area contributed by atoms with Crippen LogP contribution in [0.4, 0.5) is 5.69 Å². The first-order valence-corrected chi connectivity index (χ1v) is 11.0. The molecule has 10 heteroatoms. The van der Waals surface area contributed by atoms with E-state index in [0.29, 0.717) is 16.7 Å². The van der Waals surface area contributed by atoms with Crippen molar-refractivity contribution >= 4 is 41.2 Å². The van der Waals surface area contributed by atoms with Crippen LogP contribution in [0.2, 0.25) is 5.02 Å². The lowest BCUT2D eigenvalue weighted by Gasteiger charge is -2.12. The van der Waals surface area contributed by atoms with Crippen LogP contribution in [0, 0.1) is 24.0 Å². The molecule has 0 atom stereocenters. The van der Waals surface area contributed by atoms with Crippen molar-refractivity contribution in [2.24, 2.45) is 4.99 Å². The highest BCUT2D eigenvalue weighted by atomic mass is 35.5. The van der Waals surface area contributed by atoms with Crippen LogP contribution in [-0.2, 0) is 9.53 Å². The van der Waals surface area contributed by atoms with E-state index in [1.54, 1.807) is 43.3 Å². The Bertz CT molecular complexity index is 1460. The average molecular weight is 507 g/mol. The van der Waals surface area contributed by atoms with Gasteiger partial charge in [0.15, 0.2) is 17.2 Å². The van der Waals surface area contributed by atoms with Gasteiger partial charge in [-0.2, -0.15) is 0 Å². The number of ether oxygens (including phenoxy) is 3. The Kier molecular flexibility index (Phi) is 6.84. The number of benzene rings is 3. The lowest BCUT2D eigenvalue weighted by molar-refractivity contribution is -0.385. The molecule has 0 amide bonds. The van der Waals surface area contributed by atoms with E-state index in [2.05, 4.69) is 4.99 Å². The van der Waals surface area contributed by atoms with Gasteiger partial charge in [-0.05, 0) is 55.8 Å². The maximum absolute atomic E-state index is 12.5. The fourth-order valence-corrected chi connectivity index (χ4v) is 3.65. The van der Waals surface area contributed by atoms with Crippen LogP contribution in [0.15, 0.2) is 65.3 Å². The summed E-state index contributed by atoms with van der Waals surface area (Å²) in [6, 6.07) is 14.3. The standard InChI is InChI=1S/C26H19ClN2O7/c1-14-4-7-17(8-5-14)25(30)35-23-19(27)10-16(12-22(23)34-3)11-20-26(31)36-24(28-20)18-9-6-15(2)21(13-18)29(32)33/h4-13H,1-3H3/b20-11-. The van der Waals surface area contributed by atoms with Crippen molar-refractivity contribution in [3.05, 3.63) is 103 Å². The van der Waals surface area contributed by atoms with E-state index < -0.39 is 16.9 Å². The van der Waals surface area contributed by atoms with Crippen molar-refractivity contribution in [3.63, 3.8) is 0 Å². The van der Waals surface area contributed by atoms with E-state index in [-0.39, 0.29) is 39.4 Å². The van der Waals surface area contributed by atoms with E-state index in [1.807, 2.05) is 6.92 Å². The van der Waals surface area contributed by atoms with Crippen LogP contribution in [0.25, 0.3) is 6.08 Å².